The van der Waals surface area contributed by atoms with Crippen LogP contribution in [0.3, 0.4) is 0 Å². The van der Waals surface area contributed by atoms with Crippen LogP contribution in [0.1, 0.15) is 5.69 Å². The highest BCUT2D eigenvalue weighted by atomic mass is 79.9. The Kier molecular flexibility index (Phi) is 3.79. The molecular formula is C10H9BrFN3O2S. The van der Waals surface area contributed by atoms with E-state index in [4.69, 9.17) is 0 Å². The summed E-state index contributed by atoms with van der Waals surface area (Å²) in [4.78, 5) is -0.122. The molecule has 1 aromatic heterocycles. The molecule has 0 amide bonds. The highest BCUT2D eigenvalue weighted by Gasteiger charge is 2.15. The van der Waals surface area contributed by atoms with Gasteiger partial charge in [0.15, 0.2) is 0 Å². The average molecular weight is 334 g/mol. The Morgan fingerprint density at radius 3 is 2.78 bits per heavy atom. The third-order valence-corrected chi connectivity index (χ3v) is 4.25. The second-order valence-electron chi connectivity index (χ2n) is 3.48. The van der Waals surface area contributed by atoms with Gasteiger partial charge >= 0.3 is 0 Å². The van der Waals surface area contributed by atoms with E-state index in [-0.39, 0.29) is 15.9 Å². The van der Waals surface area contributed by atoms with Crippen molar-refractivity contribution in [2.24, 2.45) is 0 Å². The summed E-state index contributed by atoms with van der Waals surface area (Å²) in [5.74, 6) is -0.626. The molecule has 0 aliphatic heterocycles. The van der Waals surface area contributed by atoms with Gasteiger partial charge in [-0.05, 0) is 40.2 Å². The van der Waals surface area contributed by atoms with Crippen molar-refractivity contribution >= 4 is 26.0 Å². The van der Waals surface area contributed by atoms with Crippen molar-refractivity contribution in [3.63, 3.8) is 0 Å². The summed E-state index contributed by atoms with van der Waals surface area (Å²) in [6.07, 6.45) is 1.52. The van der Waals surface area contributed by atoms with E-state index in [0.717, 1.165) is 6.07 Å². The van der Waals surface area contributed by atoms with Crippen molar-refractivity contribution in [1.82, 2.24) is 14.9 Å². The molecule has 96 valence electrons. The maximum Gasteiger partial charge on any atom is 0.241 e. The molecule has 0 unspecified atom stereocenters. The van der Waals surface area contributed by atoms with Crippen LogP contribution in [0.15, 0.2) is 39.8 Å². The summed E-state index contributed by atoms with van der Waals surface area (Å²) in [6.45, 7) is 0.0695. The number of aromatic nitrogens is 2. The first kappa shape index (κ1) is 13.2. The van der Waals surface area contributed by atoms with E-state index >= 15 is 0 Å². The average Bonchev–Trinajstić information content (AvgIpc) is 2.83. The number of hydrogen-bond donors (Lipinski definition) is 2. The Morgan fingerprint density at radius 2 is 2.17 bits per heavy atom. The van der Waals surface area contributed by atoms with Crippen molar-refractivity contribution < 1.29 is 12.8 Å². The van der Waals surface area contributed by atoms with Crippen molar-refractivity contribution in [2.75, 3.05) is 0 Å². The van der Waals surface area contributed by atoms with Crippen LogP contribution in [0.4, 0.5) is 4.39 Å². The lowest BCUT2D eigenvalue weighted by atomic mass is 10.3. The Hall–Kier alpha value is -1.25. The van der Waals surface area contributed by atoms with Crippen molar-refractivity contribution in [3.05, 3.63) is 46.4 Å². The van der Waals surface area contributed by atoms with E-state index in [2.05, 4.69) is 30.8 Å². The van der Waals surface area contributed by atoms with Crippen molar-refractivity contribution in [2.45, 2.75) is 11.4 Å². The van der Waals surface area contributed by atoms with E-state index in [0.29, 0.717) is 5.69 Å². The van der Waals surface area contributed by atoms with Gasteiger partial charge in [-0.15, -0.1) is 0 Å². The minimum absolute atomic E-state index is 0.0695. The first-order valence-electron chi connectivity index (χ1n) is 4.92. The third-order valence-electron chi connectivity index (χ3n) is 2.21. The van der Waals surface area contributed by atoms with Crippen LogP contribution in [0, 0.1) is 5.82 Å². The number of benzene rings is 1. The van der Waals surface area contributed by atoms with Crippen LogP contribution in [-0.2, 0) is 16.6 Å². The molecule has 0 aliphatic carbocycles. The molecule has 1 aromatic carbocycles. The molecule has 0 aliphatic rings. The zero-order valence-electron chi connectivity index (χ0n) is 9.02. The zero-order valence-corrected chi connectivity index (χ0v) is 11.4. The molecule has 5 nitrogen and oxygen atoms in total. The highest BCUT2D eigenvalue weighted by Crippen LogP contribution is 2.19. The molecule has 0 saturated heterocycles. The van der Waals surface area contributed by atoms with Gasteiger partial charge in [0.25, 0.3) is 0 Å². The van der Waals surface area contributed by atoms with Crippen LogP contribution < -0.4 is 4.72 Å². The standard InChI is InChI=1S/C10H9BrFN3O2S/c11-9-2-1-8(5-10(9)12)18(16,17)14-6-7-3-4-13-15-7/h1-5,14H,6H2,(H,13,15). The largest absolute Gasteiger partial charge is 0.281 e. The van der Waals surface area contributed by atoms with Gasteiger partial charge in [0.05, 0.1) is 21.6 Å². The fraction of sp³-hybridized carbons (Fsp3) is 0.100. The molecule has 2 N–H and O–H groups in total. The molecule has 0 radical (unpaired) electrons. The molecular weight excluding hydrogens is 325 g/mol. The van der Waals surface area contributed by atoms with Gasteiger partial charge in [0, 0.05) is 6.20 Å². The lowest BCUT2D eigenvalue weighted by Gasteiger charge is -2.06. The Labute approximate surface area is 112 Å². The highest BCUT2D eigenvalue weighted by molar-refractivity contribution is 9.10. The summed E-state index contributed by atoms with van der Waals surface area (Å²) in [6, 6.07) is 5.27. The molecule has 0 saturated carbocycles. The zero-order chi connectivity index (χ0) is 13.2. The monoisotopic (exact) mass is 333 g/mol. The van der Waals surface area contributed by atoms with Crippen molar-refractivity contribution in [1.29, 1.82) is 0 Å². The van der Waals surface area contributed by atoms with Crippen LogP contribution in [0.25, 0.3) is 0 Å². The molecule has 8 heteroatoms. The second kappa shape index (κ2) is 5.17. The quantitative estimate of drug-likeness (QED) is 0.895. The first-order valence-corrected chi connectivity index (χ1v) is 7.19. The van der Waals surface area contributed by atoms with Crippen LogP contribution in [0.5, 0.6) is 0 Å². The summed E-state index contributed by atoms with van der Waals surface area (Å²) in [7, 11) is -3.73. The van der Waals surface area contributed by atoms with Crippen molar-refractivity contribution in [3.8, 4) is 0 Å². The summed E-state index contributed by atoms with van der Waals surface area (Å²) < 4.78 is 39.6. The Morgan fingerprint density at radius 1 is 1.39 bits per heavy atom. The molecule has 0 fully saturated rings. The van der Waals surface area contributed by atoms with E-state index < -0.39 is 15.8 Å². The van der Waals surface area contributed by atoms with Gasteiger partial charge in [-0.1, -0.05) is 0 Å². The van der Waals surface area contributed by atoms with Gasteiger partial charge in [-0.25, -0.2) is 17.5 Å². The summed E-state index contributed by atoms with van der Waals surface area (Å²) in [5, 5.41) is 6.32. The van der Waals surface area contributed by atoms with E-state index in [1.54, 1.807) is 6.07 Å². The van der Waals surface area contributed by atoms with Gasteiger partial charge in [0.1, 0.15) is 5.82 Å². The predicted molar refractivity (Wildman–Crippen MR) is 66.7 cm³/mol. The maximum absolute atomic E-state index is 13.3. The number of rotatable bonds is 4. The molecule has 0 atom stereocenters. The topological polar surface area (TPSA) is 74.8 Å². The van der Waals surface area contributed by atoms with Gasteiger partial charge in [-0.2, -0.15) is 5.10 Å². The normalized spacial score (nSPS) is 11.7. The lowest BCUT2D eigenvalue weighted by molar-refractivity contribution is 0.575. The molecule has 2 rings (SSSR count). The summed E-state index contributed by atoms with van der Waals surface area (Å²) >= 11 is 2.96. The van der Waals surface area contributed by atoms with E-state index in [1.807, 2.05) is 0 Å². The number of H-pyrrole nitrogens is 1. The first-order chi connectivity index (χ1) is 8.49. The van der Waals surface area contributed by atoms with Gasteiger partial charge < -0.3 is 0 Å². The third kappa shape index (κ3) is 2.95. The second-order valence-corrected chi connectivity index (χ2v) is 6.10. The molecule has 0 bridgehead atoms. The number of nitrogens with one attached hydrogen (secondary N) is 2. The van der Waals surface area contributed by atoms with Gasteiger partial charge in [-0.3, -0.25) is 5.10 Å². The number of nitrogens with zero attached hydrogens (tertiary/aromatic N) is 1. The van der Waals surface area contributed by atoms with Crippen LogP contribution >= 0.6 is 15.9 Å². The fourth-order valence-electron chi connectivity index (χ4n) is 1.28. The van der Waals surface area contributed by atoms with Crippen LogP contribution in [0.2, 0.25) is 0 Å². The number of aromatic amines is 1. The lowest BCUT2D eigenvalue weighted by Crippen LogP contribution is -2.23. The van der Waals surface area contributed by atoms with Crippen LogP contribution in [-0.4, -0.2) is 18.6 Å². The smallest absolute Gasteiger partial charge is 0.241 e. The Balaban J connectivity index is 2.17. The SMILES string of the molecule is O=S(=O)(NCc1ccn[nH]1)c1ccc(Br)c(F)c1. The number of hydrogen-bond acceptors (Lipinski definition) is 3. The van der Waals surface area contributed by atoms with Gasteiger partial charge in [0.2, 0.25) is 10.0 Å². The molecule has 18 heavy (non-hydrogen) atoms. The molecule has 0 spiro atoms. The minimum Gasteiger partial charge on any atom is -0.281 e. The number of sulfonamides is 1. The predicted octanol–water partition coefficient (Wildman–Crippen LogP) is 1.79. The summed E-state index contributed by atoms with van der Waals surface area (Å²) in [5.41, 5.74) is 0.621. The Bertz CT molecular complexity index is 643. The maximum atomic E-state index is 13.3. The molecule has 1 heterocycles. The molecule has 2 aromatic rings. The minimum atomic E-state index is -3.73. The van der Waals surface area contributed by atoms with E-state index in [1.165, 1.54) is 18.3 Å². The fourth-order valence-corrected chi connectivity index (χ4v) is 2.55. The number of halogens is 2. The van der Waals surface area contributed by atoms with E-state index in [9.17, 15) is 12.8 Å².